The minimum absolute atomic E-state index is 0.866. The fourth-order valence-electron chi connectivity index (χ4n) is 1.71. The molecule has 1 N–H and O–H groups in total. The van der Waals surface area contributed by atoms with E-state index >= 15 is 0 Å². The van der Waals surface area contributed by atoms with Crippen LogP contribution < -0.4 is 0 Å². The van der Waals surface area contributed by atoms with E-state index in [1.54, 1.807) is 18.6 Å². The Morgan fingerprint density at radius 3 is 2.18 bits per heavy atom. The number of hydrogen-bond donors (Lipinski definition) is 1. The molecule has 17 heavy (non-hydrogen) atoms. The predicted molar refractivity (Wildman–Crippen MR) is 65.0 cm³/mol. The summed E-state index contributed by atoms with van der Waals surface area (Å²) in [6.07, 6.45) is 5.30. The molecule has 0 aliphatic heterocycles. The molecule has 0 amide bonds. The van der Waals surface area contributed by atoms with Gasteiger partial charge in [0.1, 0.15) is 0 Å². The van der Waals surface area contributed by atoms with Gasteiger partial charge in [0.15, 0.2) is 0 Å². The van der Waals surface area contributed by atoms with Crippen molar-refractivity contribution in [1.29, 1.82) is 0 Å². The minimum atomic E-state index is 0.866. The van der Waals surface area contributed by atoms with Gasteiger partial charge in [0.25, 0.3) is 0 Å². The van der Waals surface area contributed by atoms with E-state index in [-0.39, 0.29) is 0 Å². The molecule has 3 aromatic heterocycles. The molecule has 0 spiro atoms. The Morgan fingerprint density at radius 2 is 1.53 bits per heavy atom. The largest absolute Gasteiger partial charge is 0.276 e. The van der Waals surface area contributed by atoms with Crippen molar-refractivity contribution >= 4 is 0 Å². The molecule has 4 nitrogen and oxygen atoms in total. The van der Waals surface area contributed by atoms with Crippen LogP contribution in [-0.4, -0.2) is 20.2 Å². The van der Waals surface area contributed by atoms with Crippen LogP contribution in [0.15, 0.2) is 55.0 Å². The molecule has 0 saturated heterocycles. The third-order valence-corrected chi connectivity index (χ3v) is 2.50. The van der Waals surface area contributed by atoms with E-state index in [1.807, 2.05) is 36.4 Å². The van der Waals surface area contributed by atoms with Crippen LogP contribution in [0, 0.1) is 0 Å². The van der Waals surface area contributed by atoms with Crippen LogP contribution in [0.3, 0.4) is 0 Å². The smallest absolute Gasteiger partial charge is 0.0928 e. The normalized spacial score (nSPS) is 10.4. The Morgan fingerprint density at radius 1 is 0.824 bits per heavy atom. The van der Waals surface area contributed by atoms with Gasteiger partial charge in [-0.05, 0) is 24.3 Å². The second-order valence-corrected chi connectivity index (χ2v) is 3.59. The molecular formula is C13H10N4. The quantitative estimate of drug-likeness (QED) is 0.724. The van der Waals surface area contributed by atoms with Crippen LogP contribution >= 0.6 is 0 Å². The third kappa shape index (κ3) is 1.80. The summed E-state index contributed by atoms with van der Waals surface area (Å²) in [6.45, 7) is 0. The highest BCUT2D eigenvalue weighted by Crippen LogP contribution is 2.26. The summed E-state index contributed by atoms with van der Waals surface area (Å²) in [5.41, 5.74) is 3.61. The average Bonchev–Trinajstić information content (AvgIpc) is 2.90. The first-order valence-electron chi connectivity index (χ1n) is 5.31. The molecule has 0 aliphatic rings. The van der Waals surface area contributed by atoms with Crippen LogP contribution in [0.1, 0.15) is 0 Å². The Labute approximate surface area is 98.4 Å². The molecule has 0 radical (unpaired) electrons. The maximum absolute atomic E-state index is 4.32. The Bertz CT molecular complexity index is 548. The fourth-order valence-corrected chi connectivity index (χ4v) is 1.71. The molecule has 3 heterocycles. The second-order valence-electron chi connectivity index (χ2n) is 3.59. The summed E-state index contributed by atoms with van der Waals surface area (Å²) in [5, 5.41) is 7.04. The zero-order valence-corrected chi connectivity index (χ0v) is 9.04. The van der Waals surface area contributed by atoms with Crippen molar-refractivity contribution in [2.45, 2.75) is 0 Å². The van der Waals surface area contributed by atoms with E-state index in [2.05, 4.69) is 20.2 Å². The minimum Gasteiger partial charge on any atom is -0.276 e. The lowest BCUT2D eigenvalue weighted by Gasteiger charge is -2.01. The highest BCUT2D eigenvalue weighted by atomic mass is 15.1. The zero-order chi connectivity index (χ0) is 11.5. The van der Waals surface area contributed by atoms with Crippen molar-refractivity contribution in [1.82, 2.24) is 20.2 Å². The van der Waals surface area contributed by atoms with Crippen molar-refractivity contribution in [2.24, 2.45) is 0 Å². The molecule has 0 bridgehead atoms. The molecule has 3 aromatic rings. The summed E-state index contributed by atoms with van der Waals surface area (Å²) in [6, 6.07) is 11.6. The van der Waals surface area contributed by atoms with Crippen molar-refractivity contribution in [3.8, 4) is 22.6 Å². The van der Waals surface area contributed by atoms with Gasteiger partial charge in [0.2, 0.25) is 0 Å². The maximum Gasteiger partial charge on any atom is 0.0928 e. The van der Waals surface area contributed by atoms with Crippen molar-refractivity contribution in [3.05, 3.63) is 55.0 Å². The van der Waals surface area contributed by atoms with Crippen molar-refractivity contribution < 1.29 is 0 Å². The standard InChI is InChI=1S/C13H10N4/c1-3-7-14-11(5-1)10-9-16-17-13(10)12-6-2-4-8-15-12/h1-9H,(H,16,17). The van der Waals surface area contributed by atoms with Gasteiger partial charge in [-0.15, -0.1) is 0 Å². The van der Waals surface area contributed by atoms with Crippen LogP contribution in [0.5, 0.6) is 0 Å². The molecule has 0 aliphatic carbocycles. The zero-order valence-electron chi connectivity index (χ0n) is 9.04. The van der Waals surface area contributed by atoms with Gasteiger partial charge < -0.3 is 0 Å². The van der Waals surface area contributed by atoms with Gasteiger partial charge in [-0.2, -0.15) is 5.10 Å². The van der Waals surface area contributed by atoms with Gasteiger partial charge in [-0.1, -0.05) is 12.1 Å². The van der Waals surface area contributed by atoms with E-state index in [9.17, 15) is 0 Å². The summed E-state index contributed by atoms with van der Waals surface area (Å²) in [5.74, 6) is 0. The lowest BCUT2D eigenvalue weighted by Crippen LogP contribution is -1.87. The summed E-state index contributed by atoms with van der Waals surface area (Å²) >= 11 is 0. The van der Waals surface area contributed by atoms with Crippen LogP contribution in [0.25, 0.3) is 22.6 Å². The molecule has 0 atom stereocenters. The lowest BCUT2D eigenvalue weighted by atomic mass is 10.1. The highest BCUT2D eigenvalue weighted by Gasteiger charge is 2.10. The molecule has 0 saturated carbocycles. The Kier molecular flexibility index (Phi) is 2.38. The highest BCUT2D eigenvalue weighted by molar-refractivity contribution is 5.76. The Hall–Kier alpha value is -2.49. The van der Waals surface area contributed by atoms with E-state index in [0.717, 1.165) is 22.6 Å². The van der Waals surface area contributed by atoms with E-state index < -0.39 is 0 Å². The first-order chi connectivity index (χ1) is 8.45. The first kappa shape index (κ1) is 9.72. The van der Waals surface area contributed by atoms with Crippen LogP contribution in [-0.2, 0) is 0 Å². The molecule has 0 aromatic carbocycles. The fraction of sp³-hybridized carbons (Fsp3) is 0. The summed E-state index contributed by atoms with van der Waals surface area (Å²) in [7, 11) is 0. The number of aromatic nitrogens is 4. The molecular weight excluding hydrogens is 212 g/mol. The van der Waals surface area contributed by atoms with E-state index in [0.29, 0.717) is 0 Å². The monoisotopic (exact) mass is 222 g/mol. The molecule has 3 rings (SSSR count). The second kappa shape index (κ2) is 4.17. The number of pyridine rings is 2. The van der Waals surface area contributed by atoms with Gasteiger partial charge in [0.05, 0.1) is 23.3 Å². The van der Waals surface area contributed by atoms with Gasteiger partial charge in [-0.3, -0.25) is 15.1 Å². The third-order valence-electron chi connectivity index (χ3n) is 2.50. The SMILES string of the molecule is c1ccc(-c2cn[nH]c2-c2ccccn2)nc1. The molecule has 82 valence electrons. The average molecular weight is 222 g/mol. The number of aromatic amines is 1. The predicted octanol–water partition coefficient (Wildman–Crippen LogP) is 2.53. The number of hydrogen-bond acceptors (Lipinski definition) is 3. The number of rotatable bonds is 2. The maximum atomic E-state index is 4.32. The van der Waals surface area contributed by atoms with E-state index in [1.165, 1.54) is 0 Å². The van der Waals surface area contributed by atoms with Crippen LogP contribution in [0.2, 0.25) is 0 Å². The molecule has 0 fully saturated rings. The topological polar surface area (TPSA) is 54.5 Å². The number of H-pyrrole nitrogens is 1. The van der Waals surface area contributed by atoms with Gasteiger partial charge >= 0.3 is 0 Å². The van der Waals surface area contributed by atoms with Crippen molar-refractivity contribution in [2.75, 3.05) is 0 Å². The first-order valence-corrected chi connectivity index (χ1v) is 5.31. The van der Waals surface area contributed by atoms with Crippen molar-refractivity contribution in [3.63, 3.8) is 0 Å². The summed E-state index contributed by atoms with van der Waals surface area (Å²) in [4.78, 5) is 8.63. The molecule has 4 heteroatoms. The van der Waals surface area contributed by atoms with Gasteiger partial charge in [0, 0.05) is 18.0 Å². The Balaban J connectivity index is 2.13. The lowest BCUT2D eigenvalue weighted by molar-refractivity contribution is 1.09. The van der Waals surface area contributed by atoms with E-state index in [4.69, 9.17) is 0 Å². The summed E-state index contributed by atoms with van der Waals surface area (Å²) < 4.78 is 0. The molecule has 0 unspecified atom stereocenters. The van der Waals surface area contributed by atoms with Gasteiger partial charge in [-0.25, -0.2) is 0 Å². The number of nitrogens with one attached hydrogen (secondary N) is 1. The van der Waals surface area contributed by atoms with Crippen LogP contribution in [0.4, 0.5) is 0 Å². The number of nitrogens with zero attached hydrogens (tertiary/aromatic N) is 3.